The molecule has 0 radical (unpaired) electrons. The second kappa shape index (κ2) is 7.33. The van der Waals surface area contributed by atoms with Crippen LogP contribution in [0.4, 0.5) is 5.69 Å². The number of anilines is 1. The maximum atomic E-state index is 12.6. The zero-order valence-corrected chi connectivity index (χ0v) is 15.5. The number of carbonyl (C=O) groups excluding carboxylic acids is 1. The number of hydrogen-bond donors (Lipinski definition) is 2. The summed E-state index contributed by atoms with van der Waals surface area (Å²) in [6.45, 7) is 2.95. The van der Waals surface area contributed by atoms with Gasteiger partial charge in [0, 0.05) is 18.2 Å². The number of nitrogens with zero attached hydrogens (tertiary/aromatic N) is 1. The molecule has 7 heteroatoms. The first-order chi connectivity index (χ1) is 11.9. The maximum Gasteiger partial charge on any atom is 0.251 e. The summed E-state index contributed by atoms with van der Waals surface area (Å²) in [5, 5.41) is 3.12. The Morgan fingerprint density at radius 1 is 1.28 bits per heavy atom. The van der Waals surface area contributed by atoms with Crippen molar-refractivity contribution in [2.75, 3.05) is 23.1 Å². The van der Waals surface area contributed by atoms with Crippen molar-refractivity contribution in [3.8, 4) is 0 Å². The Kier molecular flexibility index (Phi) is 5.34. The van der Waals surface area contributed by atoms with Crippen LogP contribution in [0.15, 0.2) is 18.2 Å². The van der Waals surface area contributed by atoms with Gasteiger partial charge in [-0.2, -0.15) is 0 Å². The molecule has 1 amide bonds. The fraction of sp³-hybridized carbons (Fsp3) is 0.611. The summed E-state index contributed by atoms with van der Waals surface area (Å²) in [4.78, 5) is 12.6. The monoisotopic (exact) mass is 365 g/mol. The summed E-state index contributed by atoms with van der Waals surface area (Å²) in [7, 11) is -3.21. The van der Waals surface area contributed by atoms with E-state index in [1.807, 2.05) is 6.92 Å². The summed E-state index contributed by atoms with van der Waals surface area (Å²) in [6.07, 6.45) is 4.97. The molecular weight excluding hydrogens is 338 g/mol. The van der Waals surface area contributed by atoms with Crippen LogP contribution in [0, 0.1) is 12.8 Å². The molecule has 0 bridgehead atoms. The second-order valence-corrected chi connectivity index (χ2v) is 9.12. The van der Waals surface area contributed by atoms with Gasteiger partial charge in [-0.3, -0.25) is 9.10 Å². The number of carbonyl (C=O) groups is 1. The molecule has 1 heterocycles. The summed E-state index contributed by atoms with van der Waals surface area (Å²) >= 11 is 0. The Balaban J connectivity index is 1.75. The number of nitrogens with one attached hydrogen (secondary N) is 1. The Hall–Kier alpha value is -1.60. The van der Waals surface area contributed by atoms with Crippen LogP contribution in [0.1, 0.15) is 48.0 Å². The quantitative estimate of drug-likeness (QED) is 0.851. The van der Waals surface area contributed by atoms with E-state index in [4.69, 9.17) is 5.73 Å². The molecule has 3 N–H and O–H groups in total. The lowest BCUT2D eigenvalue weighted by atomic mass is 9.84. The molecule has 1 saturated carbocycles. The first-order valence-corrected chi connectivity index (χ1v) is 10.7. The van der Waals surface area contributed by atoms with Crippen molar-refractivity contribution < 1.29 is 13.2 Å². The molecule has 1 aliphatic heterocycles. The molecule has 0 unspecified atom stereocenters. The van der Waals surface area contributed by atoms with Crippen molar-refractivity contribution in [1.29, 1.82) is 0 Å². The van der Waals surface area contributed by atoms with Crippen molar-refractivity contribution >= 4 is 21.6 Å². The van der Waals surface area contributed by atoms with Crippen molar-refractivity contribution in [1.82, 2.24) is 5.32 Å². The molecule has 138 valence electrons. The molecule has 3 rings (SSSR count). The van der Waals surface area contributed by atoms with Crippen LogP contribution in [0.25, 0.3) is 0 Å². The van der Waals surface area contributed by atoms with Crippen LogP contribution in [-0.4, -0.2) is 39.2 Å². The van der Waals surface area contributed by atoms with Gasteiger partial charge in [-0.1, -0.05) is 12.8 Å². The van der Waals surface area contributed by atoms with Gasteiger partial charge in [-0.25, -0.2) is 8.42 Å². The van der Waals surface area contributed by atoms with E-state index in [1.165, 1.54) is 10.7 Å². The van der Waals surface area contributed by atoms with E-state index in [9.17, 15) is 13.2 Å². The molecule has 0 spiro atoms. The third-order valence-corrected chi connectivity index (χ3v) is 7.21. The highest BCUT2D eigenvalue weighted by Crippen LogP contribution is 2.28. The van der Waals surface area contributed by atoms with E-state index in [1.54, 1.807) is 18.2 Å². The van der Waals surface area contributed by atoms with Crippen molar-refractivity contribution in [2.45, 2.75) is 45.1 Å². The van der Waals surface area contributed by atoms with E-state index in [0.29, 0.717) is 36.7 Å². The van der Waals surface area contributed by atoms with Crippen molar-refractivity contribution in [2.24, 2.45) is 11.7 Å². The zero-order chi connectivity index (χ0) is 18.0. The third kappa shape index (κ3) is 3.82. The largest absolute Gasteiger partial charge is 0.349 e. The number of sulfonamides is 1. The van der Waals surface area contributed by atoms with Gasteiger partial charge in [0.1, 0.15) is 0 Å². The van der Waals surface area contributed by atoms with Crippen LogP contribution < -0.4 is 15.4 Å². The third-order valence-electron chi connectivity index (χ3n) is 5.36. The highest BCUT2D eigenvalue weighted by atomic mass is 32.2. The van der Waals surface area contributed by atoms with Gasteiger partial charge in [0.25, 0.3) is 5.91 Å². The summed E-state index contributed by atoms with van der Waals surface area (Å²) in [6, 6.07) is 5.36. The van der Waals surface area contributed by atoms with E-state index in [-0.39, 0.29) is 17.7 Å². The van der Waals surface area contributed by atoms with Crippen LogP contribution in [0.3, 0.4) is 0 Å². The van der Waals surface area contributed by atoms with E-state index >= 15 is 0 Å². The number of aryl methyl sites for hydroxylation is 1. The SMILES string of the molecule is Cc1cc(C(=O)N[C@@H]2CCCC[C@H]2CN)ccc1N1CCCS1(=O)=O. The summed E-state index contributed by atoms with van der Waals surface area (Å²) in [5.41, 5.74) is 7.88. The van der Waals surface area contributed by atoms with E-state index < -0.39 is 10.0 Å². The molecular formula is C18H27N3O3S. The fourth-order valence-corrected chi connectivity index (χ4v) is 5.54. The van der Waals surface area contributed by atoms with Gasteiger partial charge in [0.05, 0.1) is 11.4 Å². The fourth-order valence-electron chi connectivity index (χ4n) is 3.92. The number of benzene rings is 1. The molecule has 1 aromatic rings. The Morgan fingerprint density at radius 3 is 2.68 bits per heavy atom. The number of amides is 1. The standard InChI is InChI=1S/C18H27N3O3S/c1-13-11-14(7-8-17(13)21-9-4-10-25(21,23)24)18(22)20-16-6-3-2-5-15(16)12-19/h7-8,11,15-16H,2-6,9-10,12,19H2,1H3,(H,20,22)/t15-,16+/m0/s1. The Labute approximate surface area is 149 Å². The lowest BCUT2D eigenvalue weighted by Gasteiger charge is -2.31. The van der Waals surface area contributed by atoms with E-state index in [0.717, 1.165) is 24.8 Å². The molecule has 0 aromatic heterocycles. The van der Waals surface area contributed by atoms with Crippen LogP contribution >= 0.6 is 0 Å². The predicted octanol–water partition coefficient (Wildman–Crippen LogP) is 1.78. The van der Waals surface area contributed by atoms with Crippen LogP contribution in [0.2, 0.25) is 0 Å². The highest BCUT2D eigenvalue weighted by molar-refractivity contribution is 7.93. The summed E-state index contributed by atoms with van der Waals surface area (Å²) < 4.78 is 25.7. The highest BCUT2D eigenvalue weighted by Gasteiger charge is 2.30. The zero-order valence-electron chi connectivity index (χ0n) is 14.7. The van der Waals surface area contributed by atoms with Gasteiger partial charge in [-0.05, 0) is 62.4 Å². The van der Waals surface area contributed by atoms with Gasteiger partial charge in [-0.15, -0.1) is 0 Å². The van der Waals surface area contributed by atoms with Gasteiger partial charge in [0.2, 0.25) is 10.0 Å². The molecule has 2 fully saturated rings. The lowest BCUT2D eigenvalue weighted by Crippen LogP contribution is -2.44. The molecule has 2 atom stereocenters. The number of hydrogen-bond acceptors (Lipinski definition) is 4. The minimum Gasteiger partial charge on any atom is -0.349 e. The number of rotatable bonds is 4. The maximum absolute atomic E-state index is 12.6. The average molecular weight is 365 g/mol. The predicted molar refractivity (Wildman–Crippen MR) is 99.2 cm³/mol. The van der Waals surface area contributed by atoms with Gasteiger partial charge < -0.3 is 11.1 Å². The molecule has 2 aliphatic rings. The van der Waals surface area contributed by atoms with Gasteiger partial charge in [0.15, 0.2) is 0 Å². The first kappa shape index (κ1) is 18.2. The van der Waals surface area contributed by atoms with Gasteiger partial charge >= 0.3 is 0 Å². The molecule has 25 heavy (non-hydrogen) atoms. The first-order valence-electron chi connectivity index (χ1n) is 9.04. The normalized spacial score (nSPS) is 25.8. The summed E-state index contributed by atoms with van der Waals surface area (Å²) in [5.74, 6) is 0.425. The van der Waals surface area contributed by atoms with Crippen molar-refractivity contribution in [3.05, 3.63) is 29.3 Å². The number of nitrogens with two attached hydrogens (primary N) is 1. The average Bonchev–Trinajstić information content (AvgIpc) is 2.94. The van der Waals surface area contributed by atoms with Crippen LogP contribution in [-0.2, 0) is 10.0 Å². The minimum absolute atomic E-state index is 0.107. The Bertz CT molecular complexity index is 748. The minimum atomic E-state index is -3.21. The topological polar surface area (TPSA) is 92.5 Å². The molecule has 1 aliphatic carbocycles. The lowest BCUT2D eigenvalue weighted by molar-refractivity contribution is 0.0908. The molecule has 1 saturated heterocycles. The van der Waals surface area contributed by atoms with Crippen molar-refractivity contribution in [3.63, 3.8) is 0 Å². The smallest absolute Gasteiger partial charge is 0.251 e. The molecule has 6 nitrogen and oxygen atoms in total. The van der Waals surface area contributed by atoms with Crippen LogP contribution in [0.5, 0.6) is 0 Å². The van der Waals surface area contributed by atoms with E-state index in [2.05, 4.69) is 5.32 Å². The molecule has 1 aromatic carbocycles. The second-order valence-electron chi connectivity index (χ2n) is 7.10. The Morgan fingerprint density at radius 2 is 2.04 bits per heavy atom.